The van der Waals surface area contributed by atoms with E-state index in [9.17, 15) is 4.79 Å². The lowest BCUT2D eigenvalue weighted by molar-refractivity contribution is -0.154. The van der Waals surface area contributed by atoms with E-state index >= 15 is 0 Å². The minimum absolute atomic E-state index is 0.0335. The predicted octanol–water partition coefficient (Wildman–Crippen LogP) is 4.58. The number of fused-ring (bicyclic) bond motifs is 3. The molecule has 142 valence electrons. The molecule has 3 saturated carbocycles. The van der Waals surface area contributed by atoms with E-state index in [-0.39, 0.29) is 23.2 Å². The fourth-order valence-electron chi connectivity index (χ4n) is 4.65. The van der Waals surface area contributed by atoms with Gasteiger partial charge in [0, 0.05) is 17.7 Å². The van der Waals surface area contributed by atoms with Crippen molar-refractivity contribution in [2.24, 2.45) is 17.8 Å². The van der Waals surface area contributed by atoms with Crippen molar-refractivity contribution in [2.45, 2.75) is 38.6 Å². The molecule has 27 heavy (non-hydrogen) atoms. The molecule has 1 aromatic heterocycles. The summed E-state index contributed by atoms with van der Waals surface area (Å²) in [6, 6.07) is 11.8. The highest BCUT2D eigenvalue weighted by atomic mass is 35.5. The van der Waals surface area contributed by atoms with Gasteiger partial charge in [0.15, 0.2) is 0 Å². The molecule has 1 N–H and O–H groups in total. The maximum absolute atomic E-state index is 12.6. The van der Waals surface area contributed by atoms with E-state index in [1.807, 2.05) is 43.3 Å². The summed E-state index contributed by atoms with van der Waals surface area (Å²) in [6.45, 7) is 2.27. The van der Waals surface area contributed by atoms with Crippen molar-refractivity contribution in [3.8, 4) is 11.3 Å². The number of benzene rings is 1. The molecule has 0 amide bonds. The second kappa shape index (κ2) is 7.85. The molecule has 3 aliphatic carbocycles. The van der Waals surface area contributed by atoms with Crippen molar-refractivity contribution in [3.63, 3.8) is 0 Å². The lowest BCUT2D eigenvalue weighted by Crippen LogP contribution is -2.52. The predicted molar refractivity (Wildman–Crippen MR) is 105 cm³/mol. The molecule has 3 aliphatic rings. The van der Waals surface area contributed by atoms with Gasteiger partial charge in [0.25, 0.3) is 0 Å². The molecule has 5 nitrogen and oxygen atoms in total. The fourth-order valence-corrected chi connectivity index (χ4v) is 4.84. The van der Waals surface area contributed by atoms with Crippen LogP contribution in [0.2, 0.25) is 5.28 Å². The zero-order valence-electron chi connectivity index (χ0n) is 15.4. The summed E-state index contributed by atoms with van der Waals surface area (Å²) >= 11 is 6.19. The van der Waals surface area contributed by atoms with Crippen LogP contribution in [0.15, 0.2) is 36.4 Å². The van der Waals surface area contributed by atoms with E-state index < -0.39 is 0 Å². The van der Waals surface area contributed by atoms with Crippen LogP contribution in [-0.2, 0) is 9.53 Å². The Balaban J connectivity index is 1.62. The molecule has 1 heterocycles. The highest BCUT2D eigenvalue weighted by Crippen LogP contribution is 2.46. The quantitative estimate of drug-likeness (QED) is 0.603. The lowest BCUT2D eigenvalue weighted by Gasteiger charge is -2.47. The van der Waals surface area contributed by atoms with E-state index in [1.54, 1.807) is 0 Å². The molecule has 0 saturated heterocycles. The summed E-state index contributed by atoms with van der Waals surface area (Å²) in [6.07, 6.45) is 4.49. The van der Waals surface area contributed by atoms with Gasteiger partial charge in [-0.05, 0) is 56.0 Å². The number of hydrogen-bond acceptors (Lipinski definition) is 5. The normalized spacial score (nSPS) is 26.6. The summed E-state index contributed by atoms with van der Waals surface area (Å²) < 4.78 is 5.38. The van der Waals surface area contributed by atoms with E-state index in [2.05, 4.69) is 15.3 Å². The molecule has 1 aromatic carbocycles. The number of ether oxygens (including phenoxy) is 1. The first-order valence-corrected chi connectivity index (χ1v) is 10.1. The number of hydrogen-bond donors (Lipinski definition) is 1. The molecule has 5 rings (SSSR count). The number of nitrogens with one attached hydrogen (secondary N) is 1. The number of carbonyl (C=O) groups is 1. The highest BCUT2D eigenvalue weighted by Gasteiger charge is 2.48. The molecule has 3 fully saturated rings. The van der Waals surface area contributed by atoms with Crippen LogP contribution in [0.4, 0.5) is 5.82 Å². The Morgan fingerprint density at radius 2 is 1.85 bits per heavy atom. The maximum atomic E-state index is 12.6. The number of anilines is 1. The molecule has 0 unspecified atom stereocenters. The minimum atomic E-state index is -0.119. The van der Waals surface area contributed by atoms with Crippen LogP contribution in [0.3, 0.4) is 0 Å². The second-order valence-electron chi connectivity index (χ2n) is 7.40. The van der Waals surface area contributed by atoms with E-state index in [1.165, 1.54) is 0 Å². The van der Waals surface area contributed by atoms with Gasteiger partial charge >= 0.3 is 5.97 Å². The fraction of sp³-hybridized carbons (Fsp3) is 0.476. The Kier molecular flexibility index (Phi) is 5.30. The molecule has 0 spiro atoms. The van der Waals surface area contributed by atoms with Crippen LogP contribution in [-0.4, -0.2) is 28.6 Å². The van der Waals surface area contributed by atoms with Gasteiger partial charge in [-0.15, -0.1) is 0 Å². The summed E-state index contributed by atoms with van der Waals surface area (Å²) in [5, 5.41) is 3.72. The second-order valence-corrected chi connectivity index (χ2v) is 7.73. The van der Waals surface area contributed by atoms with Gasteiger partial charge in [0.2, 0.25) is 5.28 Å². The van der Waals surface area contributed by atoms with Crippen molar-refractivity contribution in [1.29, 1.82) is 0 Å². The standard InChI is InChI=1S/C21H24ClN3O2/c1-2-27-20(26)18-14-8-10-15(11-9-14)19(18)24-17-12-16(23-21(22)25-17)13-6-4-3-5-7-13/h3-7,12,14-15,18-19H,2,8-11H2,1H3,(H,23,24,25)/t14?,15?,18-,19-/m1/s1. The van der Waals surface area contributed by atoms with Gasteiger partial charge in [-0.2, -0.15) is 0 Å². The van der Waals surface area contributed by atoms with Crippen LogP contribution in [0.5, 0.6) is 0 Å². The van der Waals surface area contributed by atoms with E-state index in [4.69, 9.17) is 16.3 Å². The Bertz CT molecular complexity index is 806. The molecular weight excluding hydrogens is 362 g/mol. The van der Waals surface area contributed by atoms with Crippen LogP contribution in [0.25, 0.3) is 11.3 Å². The minimum Gasteiger partial charge on any atom is -0.466 e. The van der Waals surface area contributed by atoms with Crippen LogP contribution in [0, 0.1) is 17.8 Å². The van der Waals surface area contributed by atoms with Crippen molar-refractivity contribution in [1.82, 2.24) is 9.97 Å². The Morgan fingerprint density at radius 1 is 1.15 bits per heavy atom. The monoisotopic (exact) mass is 385 g/mol. The molecule has 2 bridgehead atoms. The van der Waals surface area contributed by atoms with Crippen molar-refractivity contribution < 1.29 is 9.53 Å². The molecular formula is C21H24ClN3O2. The largest absolute Gasteiger partial charge is 0.466 e. The van der Waals surface area contributed by atoms with Gasteiger partial charge in [0.05, 0.1) is 18.2 Å². The SMILES string of the molecule is CCOC(=O)[C@@H]1C2CCC(CC2)[C@H]1Nc1cc(-c2ccccc2)nc(Cl)n1. The van der Waals surface area contributed by atoms with Crippen molar-refractivity contribution >= 4 is 23.4 Å². The highest BCUT2D eigenvalue weighted by molar-refractivity contribution is 6.28. The number of carbonyl (C=O) groups excluding carboxylic acids is 1. The summed E-state index contributed by atoms with van der Waals surface area (Å²) in [4.78, 5) is 21.3. The maximum Gasteiger partial charge on any atom is 0.311 e. The van der Waals surface area contributed by atoms with Crippen molar-refractivity contribution in [3.05, 3.63) is 41.7 Å². The Morgan fingerprint density at radius 3 is 2.56 bits per heavy atom. The molecule has 0 aliphatic heterocycles. The zero-order valence-corrected chi connectivity index (χ0v) is 16.2. The third kappa shape index (κ3) is 3.79. The average molecular weight is 386 g/mol. The summed E-state index contributed by atoms with van der Waals surface area (Å²) in [7, 11) is 0. The van der Waals surface area contributed by atoms with Gasteiger partial charge in [-0.1, -0.05) is 30.3 Å². The first kappa shape index (κ1) is 18.2. The van der Waals surface area contributed by atoms with Crippen LogP contribution < -0.4 is 5.32 Å². The molecule has 0 radical (unpaired) electrons. The molecule has 2 atom stereocenters. The number of aromatic nitrogens is 2. The van der Waals surface area contributed by atoms with E-state index in [0.717, 1.165) is 36.9 Å². The Hall–Kier alpha value is -2.14. The molecule has 6 heteroatoms. The van der Waals surface area contributed by atoms with Crippen molar-refractivity contribution in [2.75, 3.05) is 11.9 Å². The smallest absolute Gasteiger partial charge is 0.311 e. The summed E-state index contributed by atoms with van der Waals surface area (Å²) in [5.74, 6) is 1.30. The molecule has 2 aromatic rings. The average Bonchev–Trinajstić information content (AvgIpc) is 2.69. The summed E-state index contributed by atoms with van der Waals surface area (Å²) in [5.41, 5.74) is 1.75. The number of halogens is 1. The number of nitrogens with zero attached hydrogens (tertiary/aromatic N) is 2. The van der Waals surface area contributed by atoms with Gasteiger partial charge in [-0.25, -0.2) is 9.97 Å². The van der Waals surface area contributed by atoms with Crippen LogP contribution in [0.1, 0.15) is 32.6 Å². The van der Waals surface area contributed by atoms with Gasteiger partial charge < -0.3 is 10.1 Å². The first-order chi connectivity index (χ1) is 13.2. The van der Waals surface area contributed by atoms with Gasteiger partial charge in [0.1, 0.15) is 5.82 Å². The zero-order chi connectivity index (χ0) is 18.8. The number of esters is 1. The topological polar surface area (TPSA) is 64.1 Å². The van der Waals surface area contributed by atoms with Crippen LogP contribution >= 0.6 is 11.6 Å². The third-order valence-corrected chi connectivity index (χ3v) is 6.03. The third-order valence-electron chi connectivity index (χ3n) is 5.86. The Labute approximate surface area is 164 Å². The van der Waals surface area contributed by atoms with E-state index in [0.29, 0.717) is 24.3 Å². The first-order valence-electron chi connectivity index (χ1n) is 9.69. The van der Waals surface area contributed by atoms with Gasteiger partial charge in [-0.3, -0.25) is 4.79 Å². The lowest BCUT2D eigenvalue weighted by atomic mass is 9.61. The number of rotatable bonds is 5.